The Labute approximate surface area is 178 Å². The largest absolute Gasteiger partial charge is 0.398 e. The molecule has 1 aliphatic rings. The number of H-pyrrole nitrogens is 1. The number of nitrogens with zero attached hydrogens (tertiary/aromatic N) is 1. The number of fused-ring (bicyclic) bond motifs is 2. The Morgan fingerprint density at radius 1 is 1.00 bits per heavy atom. The summed E-state index contributed by atoms with van der Waals surface area (Å²) in [5.41, 5.74) is 10.1. The number of nitrogens with one attached hydrogen (secondary N) is 3. The normalized spacial score (nSPS) is 17.3. The van der Waals surface area contributed by atoms with Gasteiger partial charge in [-0.3, -0.25) is 14.6 Å². The van der Waals surface area contributed by atoms with E-state index in [-0.39, 0.29) is 23.9 Å². The number of carbonyl (C=O) groups is 2. The minimum atomic E-state index is -0.378. The van der Waals surface area contributed by atoms with Crippen molar-refractivity contribution in [3.8, 4) is 0 Å². The maximum Gasteiger partial charge on any atom is 0.268 e. The highest BCUT2D eigenvalue weighted by atomic mass is 16.2. The Balaban J connectivity index is 1.41. The molecule has 2 heterocycles. The van der Waals surface area contributed by atoms with Crippen molar-refractivity contribution >= 4 is 28.4 Å². The Bertz CT molecular complexity index is 1260. The first-order valence-corrected chi connectivity index (χ1v) is 10.1. The summed E-state index contributed by atoms with van der Waals surface area (Å²) in [7, 11) is 0. The number of aromatic amines is 1. The van der Waals surface area contributed by atoms with Crippen LogP contribution in [0.1, 0.15) is 38.0 Å². The van der Waals surface area contributed by atoms with E-state index in [9.17, 15) is 9.59 Å². The van der Waals surface area contributed by atoms with Gasteiger partial charge in [-0.15, -0.1) is 0 Å². The second kappa shape index (κ2) is 7.60. The second-order valence-corrected chi connectivity index (χ2v) is 7.67. The van der Waals surface area contributed by atoms with Gasteiger partial charge >= 0.3 is 0 Å². The van der Waals surface area contributed by atoms with Crippen molar-refractivity contribution in [2.45, 2.75) is 18.5 Å². The Morgan fingerprint density at radius 2 is 1.81 bits per heavy atom. The van der Waals surface area contributed by atoms with Crippen molar-refractivity contribution in [3.63, 3.8) is 0 Å². The van der Waals surface area contributed by atoms with Crippen LogP contribution in [0, 0.1) is 0 Å². The molecule has 2 aromatic heterocycles. The summed E-state index contributed by atoms with van der Waals surface area (Å²) in [6, 6.07) is 18.4. The van der Waals surface area contributed by atoms with Crippen LogP contribution in [0.2, 0.25) is 0 Å². The van der Waals surface area contributed by atoms with Crippen LogP contribution in [0.4, 0.5) is 5.69 Å². The zero-order chi connectivity index (χ0) is 21.4. The molecule has 7 heteroatoms. The van der Waals surface area contributed by atoms with E-state index in [1.807, 2.05) is 54.6 Å². The topological polar surface area (TPSA) is 113 Å². The fourth-order valence-corrected chi connectivity index (χ4v) is 4.16. The maximum atomic E-state index is 13.0. The number of aromatic nitrogens is 2. The fourth-order valence-electron chi connectivity index (χ4n) is 4.16. The molecule has 0 bridgehead atoms. The summed E-state index contributed by atoms with van der Waals surface area (Å²) in [6.07, 6.45) is 3.61. The lowest BCUT2D eigenvalue weighted by Gasteiger charge is -2.23. The quantitative estimate of drug-likeness (QED) is 0.413. The van der Waals surface area contributed by atoms with Crippen molar-refractivity contribution in [2.75, 3.05) is 5.73 Å². The van der Waals surface area contributed by atoms with Crippen LogP contribution >= 0.6 is 0 Å². The second-order valence-electron chi connectivity index (χ2n) is 7.67. The number of nitrogen functional groups attached to an aromatic ring is 1. The molecule has 0 spiro atoms. The van der Waals surface area contributed by atoms with E-state index < -0.39 is 0 Å². The van der Waals surface area contributed by atoms with Gasteiger partial charge in [-0.2, -0.15) is 0 Å². The molecule has 1 aliphatic carbocycles. The number of anilines is 1. The van der Waals surface area contributed by atoms with Gasteiger partial charge in [0.2, 0.25) is 0 Å². The molecule has 2 aromatic carbocycles. The number of pyridine rings is 1. The van der Waals surface area contributed by atoms with E-state index in [4.69, 9.17) is 5.73 Å². The lowest BCUT2D eigenvalue weighted by atomic mass is 10.1. The minimum absolute atomic E-state index is 0.214. The predicted molar refractivity (Wildman–Crippen MR) is 119 cm³/mol. The van der Waals surface area contributed by atoms with Crippen LogP contribution < -0.4 is 16.4 Å². The third kappa shape index (κ3) is 3.50. The van der Waals surface area contributed by atoms with E-state index in [1.54, 1.807) is 12.3 Å². The van der Waals surface area contributed by atoms with E-state index in [1.165, 1.54) is 6.20 Å². The predicted octanol–water partition coefficient (Wildman–Crippen LogP) is 2.97. The van der Waals surface area contributed by atoms with Gasteiger partial charge in [0.15, 0.2) is 0 Å². The molecule has 2 atom stereocenters. The van der Waals surface area contributed by atoms with Crippen molar-refractivity contribution in [3.05, 3.63) is 95.4 Å². The number of para-hydroxylation sites is 1. The van der Waals surface area contributed by atoms with Crippen LogP contribution in [0.3, 0.4) is 0 Å². The molecular weight excluding hydrogens is 390 g/mol. The lowest BCUT2D eigenvalue weighted by Crippen LogP contribution is -2.44. The number of carbonyl (C=O) groups excluding carboxylic acids is 2. The smallest absolute Gasteiger partial charge is 0.268 e. The summed E-state index contributed by atoms with van der Waals surface area (Å²) in [6.45, 7) is 0. The van der Waals surface area contributed by atoms with Crippen molar-refractivity contribution < 1.29 is 9.59 Å². The standard InChI is InChI=1S/C24H21N5O2/c25-18-9-10-26-13-17(18)23(30)29-22-16-7-3-1-5-14(16)11-20(22)28-24(31)21-12-15-6-2-4-8-19(15)27-21/h1-10,12-13,20,22,27H,11H2,(H2,25,26)(H,28,31)(H,29,30)/t20-,22-/m0/s1. The molecule has 4 aromatic rings. The average molecular weight is 411 g/mol. The summed E-state index contributed by atoms with van der Waals surface area (Å²) < 4.78 is 0. The van der Waals surface area contributed by atoms with E-state index in [2.05, 4.69) is 20.6 Å². The molecule has 5 N–H and O–H groups in total. The average Bonchev–Trinajstić information content (AvgIpc) is 3.36. The zero-order valence-electron chi connectivity index (χ0n) is 16.6. The van der Waals surface area contributed by atoms with Gasteiger partial charge in [0.1, 0.15) is 5.69 Å². The van der Waals surface area contributed by atoms with E-state index in [0.29, 0.717) is 23.4 Å². The molecule has 0 unspecified atom stereocenters. The van der Waals surface area contributed by atoms with E-state index >= 15 is 0 Å². The van der Waals surface area contributed by atoms with Crippen LogP contribution in [0.15, 0.2) is 73.1 Å². The van der Waals surface area contributed by atoms with Crippen molar-refractivity contribution in [1.82, 2.24) is 20.6 Å². The Hall–Kier alpha value is -4.13. The first-order chi connectivity index (χ1) is 15.1. The highest BCUT2D eigenvalue weighted by Crippen LogP contribution is 2.32. The molecule has 0 fully saturated rings. The Morgan fingerprint density at radius 3 is 2.65 bits per heavy atom. The van der Waals surface area contributed by atoms with Gasteiger partial charge in [0, 0.05) is 29.0 Å². The zero-order valence-corrected chi connectivity index (χ0v) is 16.6. The van der Waals surface area contributed by atoms with Gasteiger partial charge in [-0.25, -0.2) is 0 Å². The SMILES string of the molecule is Nc1ccncc1C(=O)N[C@H]1c2ccccc2C[C@@H]1NC(=O)c1cc2ccccc2[nH]1. The third-order valence-corrected chi connectivity index (χ3v) is 5.71. The number of rotatable bonds is 4. The molecule has 0 saturated carbocycles. The molecule has 5 rings (SSSR count). The highest BCUT2D eigenvalue weighted by Gasteiger charge is 2.35. The van der Waals surface area contributed by atoms with Crippen LogP contribution in [-0.4, -0.2) is 27.8 Å². The number of nitrogens with two attached hydrogens (primary N) is 1. The summed E-state index contributed by atoms with van der Waals surface area (Å²) in [5.74, 6) is -0.536. The van der Waals surface area contributed by atoms with Crippen LogP contribution in [0.5, 0.6) is 0 Å². The fraction of sp³-hybridized carbons (Fsp3) is 0.125. The summed E-state index contributed by atoms with van der Waals surface area (Å²) >= 11 is 0. The molecule has 31 heavy (non-hydrogen) atoms. The van der Waals surface area contributed by atoms with Gasteiger partial charge in [0.25, 0.3) is 11.8 Å². The first-order valence-electron chi connectivity index (χ1n) is 10.1. The summed E-state index contributed by atoms with van der Waals surface area (Å²) in [4.78, 5) is 33.0. The highest BCUT2D eigenvalue weighted by molar-refractivity contribution is 6.00. The number of benzene rings is 2. The van der Waals surface area contributed by atoms with Gasteiger partial charge in [-0.05, 0) is 35.7 Å². The molecule has 154 valence electrons. The maximum absolute atomic E-state index is 13.0. The van der Waals surface area contributed by atoms with Crippen LogP contribution in [0.25, 0.3) is 10.9 Å². The summed E-state index contributed by atoms with van der Waals surface area (Å²) in [5, 5.41) is 7.11. The third-order valence-electron chi connectivity index (χ3n) is 5.71. The molecular formula is C24H21N5O2. The monoisotopic (exact) mass is 411 g/mol. The molecule has 2 amide bonds. The van der Waals surface area contributed by atoms with Crippen molar-refractivity contribution in [1.29, 1.82) is 0 Å². The van der Waals surface area contributed by atoms with Crippen molar-refractivity contribution in [2.24, 2.45) is 0 Å². The molecule has 0 aliphatic heterocycles. The van der Waals surface area contributed by atoms with Gasteiger partial charge in [-0.1, -0.05) is 42.5 Å². The molecule has 0 saturated heterocycles. The molecule has 0 radical (unpaired) electrons. The number of amides is 2. The number of hydrogen-bond donors (Lipinski definition) is 4. The van der Waals surface area contributed by atoms with Crippen LogP contribution in [-0.2, 0) is 6.42 Å². The first kappa shape index (κ1) is 18.9. The molecule has 7 nitrogen and oxygen atoms in total. The van der Waals surface area contributed by atoms with Gasteiger partial charge in [0.05, 0.1) is 17.6 Å². The minimum Gasteiger partial charge on any atom is -0.398 e. The number of hydrogen-bond acceptors (Lipinski definition) is 4. The lowest BCUT2D eigenvalue weighted by molar-refractivity contribution is 0.0886. The Kier molecular flexibility index (Phi) is 4.63. The van der Waals surface area contributed by atoms with Gasteiger partial charge < -0.3 is 21.4 Å². The van der Waals surface area contributed by atoms with E-state index in [0.717, 1.165) is 22.0 Å².